The number of benzene rings is 3. The van der Waals surface area contributed by atoms with Crippen LogP contribution in [-0.4, -0.2) is 12.5 Å². The minimum Gasteiger partial charge on any atom is -0.494 e. The molecule has 1 amide bonds. The summed E-state index contributed by atoms with van der Waals surface area (Å²) in [5.74, 6) is 1.44. The third kappa shape index (κ3) is 6.02. The molecule has 1 N–H and O–H groups in total. The van der Waals surface area contributed by atoms with Gasteiger partial charge in [0.15, 0.2) is 0 Å². The van der Waals surface area contributed by atoms with Crippen molar-refractivity contribution in [3.05, 3.63) is 94.5 Å². The highest BCUT2D eigenvalue weighted by Crippen LogP contribution is 2.29. The largest absolute Gasteiger partial charge is 0.494 e. The highest BCUT2D eigenvalue weighted by atomic mass is 35.5. The van der Waals surface area contributed by atoms with Crippen LogP contribution in [0.5, 0.6) is 5.75 Å². The molecule has 0 bridgehead atoms. The van der Waals surface area contributed by atoms with E-state index in [1.807, 2.05) is 74.5 Å². The Labute approximate surface area is 181 Å². The number of hydrogen-bond acceptors (Lipinski definition) is 3. The molecule has 1 atom stereocenters. The lowest BCUT2D eigenvalue weighted by Crippen LogP contribution is -2.26. The molecule has 0 unspecified atom stereocenters. The summed E-state index contributed by atoms with van der Waals surface area (Å²) < 4.78 is 5.76. The zero-order valence-corrected chi connectivity index (χ0v) is 18.1. The van der Waals surface area contributed by atoms with E-state index in [9.17, 15) is 4.79 Å². The van der Waals surface area contributed by atoms with Gasteiger partial charge in [-0.3, -0.25) is 4.79 Å². The van der Waals surface area contributed by atoms with Crippen molar-refractivity contribution in [3.63, 3.8) is 0 Å². The molecule has 5 heteroatoms. The lowest BCUT2D eigenvalue weighted by Gasteiger charge is -2.16. The summed E-state index contributed by atoms with van der Waals surface area (Å²) in [5, 5.41) is 3.73. The molecule has 3 rings (SSSR count). The number of amides is 1. The van der Waals surface area contributed by atoms with Crippen molar-refractivity contribution in [3.8, 4) is 5.75 Å². The first-order chi connectivity index (χ1) is 14.1. The van der Waals surface area contributed by atoms with Gasteiger partial charge in [0.2, 0.25) is 0 Å². The van der Waals surface area contributed by atoms with Gasteiger partial charge in [-0.25, -0.2) is 0 Å². The van der Waals surface area contributed by atoms with Crippen LogP contribution in [0.4, 0.5) is 0 Å². The zero-order chi connectivity index (χ0) is 20.6. The molecular formula is C24H24ClNO2S. The maximum absolute atomic E-state index is 12.8. The van der Waals surface area contributed by atoms with Crippen molar-refractivity contribution < 1.29 is 9.53 Å². The molecule has 0 aliphatic rings. The fraction of sp³-hybridized carbons (Fsp3) is 0.208. The van der Waals surface area contributed by atoms with E-state index in [0.29, 0.717) is 17.2 Å². The Morgan fingerprint density at radius 1 is 1.07 bits per heavy atom. The van der Waals surface area contributed by atoms with E-state index in [2.05, 4.69) is 17.4 Å². The van der Waals surface area contributed by atoms with Gasteiger partial charge in [0.1, 0.15) is 5.75 Å². The van der Waals surface area contributed by atoms with Crippen molar-refractivity contribution in [1.82, 2.24) is 5.32 Å². The molecule has 29 heavy (non-hydrogen) atoms. The van der Waals surface area contributed by atoms with E-state index in [4.69, 9.17) is 16.3 Å². The number of hydrogen-bond donors (Lipinski definition) is 1. The fourth-order valence-electron chi connectivity index (χ4n) is 2.92. The molecule has 0 radical (unpaired) electrons. The summed E-state index contributed by atoms with van der Waals surface area (Å²) in [7, 11) is 0. The quantitative estimate of drug-likeness (QED) is 0.417. The van der Waals surface area contributed by atoms with E-state index in [1.54, 1.807) is 11.8 Å². The van der Waals surface area contributed by atoms with Crippen LogP contribution < -0.4 is 10.1 Å². The second-order valence-electron chi connectivity index (χ2n) is 6.60. The smallest absolute Gasteiger partial charge is 0.251 e. The Kier molecular flexibility index (Phi) is 7.62. The molecule has 0 fully saturated rings. The summed E-state index contributed by atoms with van der Waals surface area (Å²) in [6.45, 7) is 4.51. The number of halogens is 1. The van der Waals surface area contributed by atoms with Gasteiger partial charge in [0.05, 0.1) is 12.6 Å². The van der Waals surface area contributed by atoms with Gasteiger partial charge in [0.25, 0.3) is 5.91 Å². The van der Waals surface area contributed by atoms with Crippen LogP contribution in [-0.2, 0) is 5.75 Å². The molecule has 0 aliphatic carbocycles. The highest BCUT2D eigenvalue weighted by Gasteiger charge is 2.14. The van der Waals surface area contributed by atoms with Gasteiger partial charge in [-0.1, -0.05) is 41.9 Å². The Hall–Kier alpha value is -2.43. The van der Waals surface area contributed by atoms with Crippen LogP contribution >= 0.6 is 23.4 Å². The van der Waals surface area contributed by atoms with Crippen LogP contribution in [0.1, 0.15) is 41.4 Å². The topological polar surface area (TPSA) is 38.3 Å². The van der Waals surface area contributed by atoms with Gasteiger partial charge < -0.3 is 10.1 Å². The Balaban J connectivity index is 1.74. The molecule has 0 saturated carbocycles. The predicted molar refractivity (Wildman–Crippen MR) is 121 cm³/mol. The second kappa shape index (κ2) is 10.4. The summed E-state index contributed by atoms with van der Waals surface area (Å²) in [6, 6.07) is 23.2. The summed E-state index contributed by atoms with van der Waals surface area (Å²) >= 11 is 7.67. The SMILES string of the molecule is CCOc1ccc(C(=O)N[C@H](C)c2ccc(Cl)cc2)cc1CSc1ccccc1. The van der Waals surface area contributed by atoms with Crippen molar-refractivity contribution in [2.75, 3.05) is 6.61 Å². The second-order valence-corrected chi connectivity index (χ2v) is 8.09. The maximum Gasteiger partial charge on any atom is 0.251 e. The Bertz CT molecular complexity index is 945. The first-order valence-electron chi connectivity index (χ1n) is 9.56. The lowest BCUT2D eigenvalue weighted by molar-refractivity contribution is 0.0939. The first-order valence-corrected chi connectivity index (χ1v) is 10.9. The average Bonchev–Trinajstić information content (AvgIpc) is 2.74. The number of ether oxygens (including phenoxy) is 1. The minimum absolute atomic E-state index is 0.110. The van der Waals surface area contributed by atoms with Crippen LogP contribution in [0, 0.1) is 0 Å². The molecule has 3 nitrogen and oxygen atoms in total. The van der Waals surface area contributed by atoms with E-state index < -0.39 is 0 Å². The van der Waals surface area contributed by atoms with Crippen molar-refractivity contribution >= 4 is 29.3 Å². The lowest BCUT2D eigenvalue weighted by atomic mass is 10.1. The van der Waals surface area contributed by atoms with Gasteiger partial charge >= 0.3 is 0 Å². The molecule has 3 aromatic carbocycles. The Morgan fingerprint density at radius 2 is 1.79 bits per heavy atom. The minimum atomic E-state index is -0.117. The molecule has 0 heterocycles. The molecule has 0 spiro atoms. The number of carbonyl (C=O) groups is 1. The van der Waals surface area contributed by atoms with Crippen LogP contribution in [0.25, 0.3) is 0 Å². The molecule has 3 aromatic rings. The van der Waals surface area contributed by atoms with Gasteiger partial charge in [-0.05, 0) is 61.9 Å². The standard InChI is InChI=1S/C24H24ClNO2S/c1-3-28-23-14-11-19(15-20(23)16-29-22-7-5-4-6-8-22)24(27)26-17(2)18-9-12-21(25)13-10-18/h4-15,17H,3,16H2,1-2H3,(H,26,27)/t17-/m1/s1. The molecule has 150 valence electrons. The third-order valence-corrected chi connectivity index (χ3v) is 5.79. The molecular weight excluding hydrogens is 402 g/mol. The van der Waals surface area contributed by atoms with E-state index in [1.165, 1.54) is 4.90 Å². The van der Waals surface area contributed by atoms with Crippen molar-refractivity contribution in [2.45, 2.75) is 30.5 Å². The molecule has 0 aromatic heterocycles. The third-order valence-electron chi connectivity index (χ3n) is 4.48. The van der Waals surface area contributed by atoms with Crippen LogP contribution in [0.3, 0.4) is 0 Å². The normalized spacial score (nSPS) is 11.7. The van der Waals surface area contributed by atoms with E-state index in [-0.39, 0.29) is 11.9 Å². The van der Waals surface area contributed by atoms with Gasteiger partial charge in [-0.15, -0.1) is 11.8 Å². The number of nitrogens with one attached hydrogen (secondary N) is 1. The fourth-order valence-corrected chi connectivity index (χ4v) is 3.95. The number of rotatable bonds is 8. The monoisotopic (exact) mass is 425 g/mol. The van der Waals surface area contributed by atoms with Crippen LogP contribution in [0.15, 0.2) is 77.7 Å². The molecule has 0 aliphatic heterocycles. The summed E-state index contributed by atoms with van der Waals surface area (Å²) in [5.41, 5.74) is 2.64. The van der Waals surface area contributed by atoms with Crippen molar-refractivity contribution in [1.29, 1.82) is 0 Å². The van der Waals surface area contributed by atoms with Crippen molar-refractivity contribution in [2.24, 2.45) is 0 Å². The van der Waals surface area contributed by atoms with E-state index >= 15 is 0 Å². The van der Waals surface area contributed by atoms with Crippen LogP contribution in [0.2, 0.25) is 5.02 Å². The van der Waals surface area contributed by atoms with E-state index in [0.717, 1.165) is 22.6 Å². The number of carbonyl (C=O) groups excluding carboxylic acids is 1. The highest BCUT2D eigenvalue weighted by molar-refractivity contribution is 7.98. The zero-order valence-electron chi connectivity index (χ0n) is 16.5. The Morgan fingerprint density at radius 3 is 2.48 bits per heavy atom. The molecule has 0 saturated heterocycles. The summed E-state index contributed by atoms with van der Waals surface area (Å²) in [4.78, 5) is 14.0. The van der Waals surface area contributed by atoms with Gasteiger partial charge in [0, 0.05) is 26.8 Å². The summed E-state index contributed by atoms with van der Waals surface area (Å²) in [6.07, 6.45) is 0. The van der Waals surface area contributed by atoms with Gasteiger partial charge in [-0.2, -0.15) is 0 Å². The maximum atomic E-state index is 12.8. The first kappa shape index (κ1) is 21.3. The predicted octanol–water partition coefficient (Wildman–Crippen LogP) is 6.52. The number of thioether (sulfide) groups is 1. The average molecular weight is 426 g/mol.